The molecule has 0 unspecified atom stereocenters. The van der Waals surface area contributed by atoms with Crippen LogP contribution in [0.3, 0.4) is 0 Å². The molecule has 0 aliphatic heterocycles. The van der Waals surface area contributed by atoms with Crippen LogP contribution in [-0.2, 0) is 9.84 Å². The van der Waals surface area contributed by atoms with E-state index in [9.17, 15) is 12.8 Å². The van der Waals surface area contributed by atoms with Crippen molar-refractivity contribution in [2.75, 3.05) is 7.11 Å². The van der Waals surface area contributed by atoms with E-state index in [-0.39, 0.29) is 21.4 Å². The van der Waals surface area contributed by atoms with Gasteiger partial charge in [0, 0.05) is 5.56 Å². The molecule has 0 aliphatic rings. The van der Waals surface area contributed by atoms with Crippen molar-refractivity contribution in [3.8, 4) is 17.6 Å². The van der Waals surface area contributed by atoms with Crippen molar-refractivity contribution in [2.45, 2.75) is 9.92 Å². The lowest BCUT2D eigenvalue weighted by Gasteiger charge is -2.02. The highest BCUT2D eigenvalue weighted by molar-refractivity contribution is 7.91. The topological polar surface area (TPSA) is 69.2 Å². The van der Waals surface area contributed by atoms with Crippen LogP contribution >= 0.6 is 0 Å². The molecule has 3 aromatic rings. The van der Waals surface area contributed by atoms with Gasteiger partial charge in [0.25, 0.3) is 0 Å². The van der Waals surface area contributed by atoms with E-state index in [1.54, 1.807) is 24.3 Å². The van der Waals surface area contributed by atoms with E-state index >= 15 is 0 Å². The van der Waals surface area contributed by atoms with E-state index in [4.69, 9.17) is 4.74 Å². The average molecular weight is 368 g/mol. The first-order valence-corrected chi connectivity index (χ1v) is 8.98. The Morgan fingerprint density at radius 3 is 2.35 bits per heavy atom. The molecule has 3 rings (SSSR count). The van der Waals surface area contributed by atoms with Gasteiger partial charge in [0.2, 0.25) is 9.84 Å². The number of hydrogen-bond donors (Lipinski definition) is 0. The number of sulfone groups is 1. The molecular weight excluding hydrogens is 355 g/mol. The second-order valence-electron chi connectivity index (χ2n) is 5.17. The van der Waals surface area contributed by atoms with Gasteiger partial charge in [-0.15, -0.1) is 10.2 Å². The van der Waals surface area contributed by atoms with Crippen LogP contribution in [0.5, 0.6) is 5.75 Å². The van der Waals surface area contributed by atoms with Gasteiger partial charge >= 0.3 is 0 Å². The third kappa shape index (κ3) is 3.71. The smallest absolute Gasteiger partial charge is 0.225 e. The Kier molecular flexibility index (Phi) is 4.96. The van der Waals surface area contributed by atoms with Gasteiger partial charge in [0.1, 0.15) is 5.69 Å². The van der Waals surface area contributed by atoms with Crippen molar-refractivity contribution >= 4 is 9.84 Å². The average Bonchev–Trinajstić information content (AvgIpc) is 2.67. The van der Waals surface area contributed by atoms with Crippen molar-refractivity contribution in [1.82, 2.24) is 10.2 Å². The highest BCUT2D eigenvalue weighted by atomic mass is 32.2. The van der Waals surface area contributed by atoms with Crippen LogP contribution in [0.2, 0.25) is 0 Å². The molecule has 0 N–H and O–H groups in total. The van der Waals surface area contributed by atoms with Gasteiger partial charge in [-0.1, -0.05) is 24.1 Å². The number of aromatic nitrogens is 2. The highest BCUT2D eigenvalue weighted by Gasteiger charge is 2.19. The summed E-state index contributed by atoms with van der Waals surface area (Å²) in [7, 11) is -2.34. The van der Waals surface area contributed by atoms with Gasteiger partial charge in [-0.25, -0.2) is 12.8 Å². The molecule has 1 aromatic heterocycles. The summed E-state index contributed by atoms with van der Waals surface area (Å²) in [6.45, 7) is 0. The van der Waals surface area contributed by atoms with Crippen LogP contribution in [0.25, 0.3) is 0 Å². The fourth-order valence-corrected chi connectivity index (χ4v) is 3.28. The molecule has 0 atom stereocenters. The number of ether oxygens (including phenoxy) is 1. The standard InChI is InChI=1S/C19H13FN2O3S/c1-25-18-11-8-14(13-17(18)20)7-9-15-10-12-19(22-21-15)26(23,24)16-5-3-2-4-6-16/h2-6,8,10-13H,1H3. The van der Waals surface area contributed by atoms with E-state index in [1.807, 2.05) is 0 Å². The lowest BCUT2D eigenvalue weighted by Crippen LogP contribution is -2.05. The molecule has 5 nitrogen and oxygen atoms in total. The molecule has 130 valence electrons. The lowest BCUT2D eigenvalue weighted by atomic mass is 10.2. The quantitative estimate of drug-likeness (QED) is 0.665. The van der Waals surface area contributed by atoms with Crippen LogP contribution in [0.15, 0.2) is 70.6 Å². The van der Waals surface area contributed by atoms with Gasteiger partial charge in [-0.05, 0) is 48.4 Å². The van der Waals surface area contributed by atoms with E-state index < -0.39 is 15.7 Å². The second kappa shape index (κ2) is 7.33. The molecule has 26 heavy (non-hydrogen) atoms. The van der Waals surface area contributed by atoms with Crippen LogP contribution in [-0.4, -0.2) is 25.7 Å². The fourth-order valence-electron chi connectivity index (χ4n) is 2.13. The molecule has 0 saturated carbocycles. The van der Waals surface area contributed by atoms with Crippen LogP contribution in [0.4, 0.5) is 4.39 Å². The van der Waals surface area contributed by atoms with Gasteiger partial charge in [0.05, 0.1) is 12.0 Å². The lowest BCUT2D eigenvalue weighted by molar-refractivity contribution is 0.386. The van der Waals surface area contributed by atoms with Gasteiger partial charge < -0.3 is 4.74 Å². The monoisotopic (exact) mass is 368 g/mol. The SMILES string of the molecule is COc1ccc(C#Cc2ccc(S(=O)(=O)c3ccccc3)nn2)cc1F. The minimum atomic E-state index is -3.72. The van der Waals surface area contributed by atoms with Gasteiger partial charge in [-0.2, -0.15) is 0 Å². The Labute approximate surface area is 150 Å². The zero-order chi connectivity index (χ0) is 18.6. The normalized spacial score (nSPS) is 10.7. The molecule has 1 heterocycles. The largest absolute Gasteiger partial charge is 0.494 e. The van der Waals surface area contributed by atoms with E-state index in [0.717, 1.165) is 0 Å². The Balaban J connectivity index is 1.84. The van der Waals surface area contributed by atoms with E-state index in [1.165, 1.54) is 43.5 Å². The Morgan fingerprint density at radius 1 is 0.962 bits per heavy atom. The maximum atomic E-state index is 13.6. The summed E-state index contributed by atoms with van der Waals surface area (Å²) in [6, 6.07) is 15.1. The number of rotatable bonds is 3. The minimum absolute atomic E-state index is 0.130. The Hall–Kier alpha value is -3.24. The number of halogens is 1. The molecular formula is C19H13FN2O3S. The molecule has 7 heteroatoms. The summed E-state index contributed by atoms with van der Waals surface area (Å²) in [4.78, 5) is 0.141. The van der Waals surface area contributed by atoms with Crippen molar-refractivity contribution < 1.29 is 17.5 Å². The fraction of sp³-hybridized carbons (Fsp3) is 0.0526. The van der Waals surface area contributed by atoms with E-state index in [0.29, 0.717) is 5.56 Å². The molecule has 0 saturated heterocycles. The van der Waals surface area contributed by atoms with Gasteiger partial charge in [-0.3, -0.25) is 0 Å². The predicted molar refractivity (Wildman–Crippen MR) is 92.9 cm³/mol. The maximum Gasteiger partial charge on any atom is 0.225 e. The van der Waals surface area contributed by atoms with Crippen molar-refractivity contribution in [3.05, 3.63) is 77.7 Å². The van der Waals surface area contributed by atoms with Gasteiger partial charge in [0.15, 0.2) is 16.6 Å². The molecule has 0 radical (unpaired) electrons. The molecule has 0 aliphatic carbocycles. The summed E-state index contributed by atoms with van der Waals surface area (Å²) >= 11 is 0. The van der Waals surface area contributed by atoms with Crippen molar-refractivity contribution in [3.63, 3.8) is 0 Å². The summed E-state index contributed by atoms with van der Waals surface area (Å²) in [5, 5.41) is 7.41. The first kappa shape index (κ1) is 17.6. The molecule has 2 aromatic carbocycles. The summed E-state index contributed by atoms with van der Waals surface area (Å²) in [5.41, 5.74) is 0.708. The van der Waals surface area contributed by atoms with Crippen LogP contribution < -0.4 is 4.74 Å². The first-order chi connectivity index (χ1) is 12.5. The second-order valence-corrected chi connectivity index (χ2v) is 7.07. The minimum Gasteiger partial charge on any atom is -0.494 e. The maximum absolute atomic E-state index is 13.6. The number of nitrogens with zero attached hydrogens (tertiary/aromatic N) is 2. The summed E-state index contributed by atoms with van der Waals surface area (Å²) < 4.78 is 43.3. The van der Waals surface area contributed by atoms with Crippen molar-refractivity contribution in [1.29, 1.82) is 0 Å². The third-order valence-corrected chi connectivity index (χ3v) is 5.12. The zero-order valence-corrected chi connectivity index (χ0v) is 14.5. The predicted octanol–water partition coefficient (Wildman–Crippen LogP) is 2.86. The molecule has 0 amide bonds. The van der Waals surface area contributed by atoms with E-state index in [2.05, 4.69) is 22.0 Å². The first-order valence-electron chi connectivity index (χ1n) is 7.50. The zero-order valence-electron chi connectivity index (χ0n) is 13.7. The Morgan fingerprint density at radius 2 is 1.73 bits per heavy atom. The summed E-state index contributed by atoms with van der Waals surface area (Å²) in [6.07, 6.45) is 0. The van der Waals surface area contributed by atoms with Crippen LogP contribution in [0.1, 0.15) is 11.3 Å². The third-order valence-electron chi connectivity index (χ3n) is 3.46. The number of hydrogen-bond acceptors (Lipinski definition) is 5. The molecule has 0 fully saturated rings. The highest BCUT2D eigenvalue weighted by Crippen LogP contribution is 2.18. The van der Waals surface area contributed by atoms with Crippen LogP contribution in [0, 0.1) is 17.7 Å². The Bertz CT molecular complexity index is 1090. The number of benzene rings is 2. The molecule has 0 spiro atoms. The summed E-state index contributed by atoms with van der Waals surface area (Å²) in [5.74, 6) is 5.08. The number of methoxy groups -OCH3 is 1. The van der Waals surface area contributed by atoms with Crippen molar-refractivity contribution in [2.24, 2.45) is 0 Å². The molecule has 0 bridgehead atoms.